The van der Waals surface area contributed by atoms with Gasteiger partial charge in [-0.2, -0.15) is 15.0 Å². The van der Waals surface area contributed by atoms with Gasteiger partial charge < -0.3 is 20.3 Å². The lowest BCUT2D eigenvalue weighted by molar-refractivity contribution is 0.251. The van der Waals surface area contributed by atoms with Crippen LogP contribution in [0.1, 0.15) is 5.82 Å². The molecule has 1 heterocycles. The number of carbonyl (C=O) groups is 1. The van der Waals surface area contributed by atoms with Crippen molar-refractivity contribution in [3.63, 3.8) is 0 Å². The summed E-state index contributed by atoms with van der Waals surface area (Å²) in [6.45, 7) is 0.121. The number of methoxy groups -OCH3 is 1. The molecule has 0 saturated heterocycles. The Kier molecular flexibility index (Phi) is 5.53. The third-order valence-electron chi connectivity index (χ3n) is 2.76. The fourth-order valence-electron chi connectivity index (χ4n) is 1.65. The first-order valence-electron chi connectivity index (χ1n) is 6.75. The maximum atomic E-state index is 11.9. The quantitative estimate of drug-likeness (QED) is 0.866. The minimum Gasteiger partial charge on any atom is -0.467 e. The molecule has 0 unspecified atom stereocenters. The Hall–Kier alpha value is -2.61. The van der Waals surface area contributed by atoms with E-state index >= 15 is 0 Å². The number of para-hydroxylation sites is 1. The van der Waals surface area contributed by atoms with E-state index < -0.39 is 6.03 Å². The molecule has 0 spiro atoms. The number of amides is 2. The second-order valence-corrected chi connectivity index (χ2v) is 5.13. The van der Waals surface area contributed by atoms with Crippen LogP contribution in [-0.4, -0.2) is 42.2 Å². The van der Waals surface area contributed by atoms with Crippen LogP contribution in [-0.2, 0) is 6.54 Å². The van der Waals surface area contributed by atoms with Crippen LogP contribution in [0.3, 0.4) is 0 Å². The van der Waals surface area contributed by atoms with Crippen molar-refractivity contribution in [3.05, 3.63) is 35.1 Å². The van der Waals surface area contributed by atoms with Gasteiger partial charge in [0.1, 0.15) is 0 Å². The molecule has 23 heavy (non-hydrogen) atoms. The molecule has 0 aliphatic heterocycles. The Morgan fingerprint density at radius 2 is 2.00 bits per heavy atom. The molecule has 8 nitrogen and oxygen atoms in total. The number of ether oxygens (including phenoxy) is 1. The van der Waals surface area contributed by atoms with Gasteiger partial charge in [-0.05, 0) is 12.1 Å². The Morgan fingerprint density at radius 3 is 2.65 bits per heavy atom. The highest BCUT2D eigenvalue weighted by Crippen LogP contribution is 2.20. The molecule has 0 aliphatic rings. The lowest BCUT2D eigenvalue weighted by atomic mass is 10.3. The van der Waals surface area contributed by atoms with Crippen molar-refractivity contribution in [1.82, 2.24) is 20.3 Å². The number of halogens is 1. The number of carbonyl (C=O) groups excluding carboxylic acids is 1. The Balaban J connectivity index is 2.01. The molecule has 2 aromatic rings. The first-order chi connectivity index (χ1) is 11.0. The van der Waals surface area contributed by atoms with Crippen LogP contribution in [0.5, 0.6) is 6.01 Å². The summed E-state index contributed by atoms with van der Waals surface area (Å²) in [5.74, 6) is 0.829. The van der Waals surface area contributed by atoms with Gasteiger partial charge >= 0.3 is 12.0 Å². The molecule has 0 atom stereocenters. The summed E-state index contributed by atoms with van der Waals surface area (Å²) in [5, 5.41) is 5.77. The van der Waals surface area contributed by atoms with Crippen molar-refractivity contribution in [3.8, 4) is 6.01 Å². The summed E-state index contributed by atoms with van der Waals surface area (Å²) in [7, 11) is 5.07. The molecule has 0 saturated carbocycles. The van der Waals surface area contributed by atoms with Gasteiger partial charge in [0.05, 0.1) is 24.4 Å². The van der Waals surface area contributed by atoms with E-state index in [0.29, 0.717) is 22.5 Å². The van der Waals surface area contributed by atoms with E-state index in [1.807, 2.05) is 0 Å². The molecule has 0 aliphatic carbocycles. The molecular formula is C14H17ClN6O2. The highest BCUT2D eigenvalue weighted by molar-refractivity contribution is 6.33. The second kappa shape index (κ2) is 7.59. The zero-order valence-corrected chi connectivity index (χ0v) is 13.8. The van der Waals surface area contributed by atoms with Crippen LogP contribution >= 0.6 is 11.6 Å². The molecular weight excluding hydrogens is 320 g/mol. The standard InChI is InChI=1S/C14H17ClN6O2/c1-21(2)12-18-11(19-14(20-12)23-3)8-16-13(22)17-10-7-5-4-6-9(10)15/h4-7H,8H2,1-3H3,(H2,16,17,22). The third-order valence-corrected chi connectivity index (χ3v) is 3.09. The van der Waals surface area contributed by atoms with Crippen LogP contribution in [0.4, 0.5) is 16.4 Å². The van der Waals surface area contributed by atoms with Gasteiger partial charge in [0.25, 0.3) is 0 Å². The monoisotopic (exact) mass is 336 g/mol. The Morgan fingerprint density at radius 1 is 1.26 bits per heavy atom. The largest absolute Gasteiger partial charge is 0.467 e. The molecule has 2 N–H and O–H groups in total. The maximum Gasteiger partial charge on any atom is 0.321 e. The summed E-state index contributed by atoms with van der Waals surface area (Å²) in [4.78, 5) is 26.1. The molecule has 9 heteroatoms. The van der Waals surface area contributed by atoms with E-state index in [9.17, 15) is 4.79 Å². The van der Waals surface area contributed by atoms with Gasteiger partial charge in [-0.3, -0.25) is 0 Å². The summed E-state index contributed by atoms with van der Waals surface area (Å²) in [6, 6.07) is 6.73. The number of nitrogens with zero attached hydrogens (tertiary/aromatic N) is 4. The molecule has 0 bridgehead atoms. The van der Waals surface area contributed by atoms with E-state index in [4.69, 9.17) is 16.3 Å². The van der Waals surface area contributed by atoms with Crippen molar-refractivity contribution in [2.24, 2.45) is 0 Å². The third kappa shape index (κ3) is 4.68. The van der Waals surface area contributed by atoms with E-state index in [2.05, 4.69) is 25.6 Å². The van der Waals surface area contributed by atoms with Crippen molar-refractivity contribution >= 4 is 29.3 Å². The van der Waals surface area contributed by atoms with Crippen molar-refractivity contribution in [1.29, 1.82) is 0 Å². The van der Waals surface area contributed by atoms with Crippen molar-refractivity contribution in [2.45, 2.75) is 6.54 Å². The van der Waals surface area contributed by atoms with Crippen LogP contribution in [0.25, 0.3) is 0 Å². The lowest BCUT2D eigenvalue weighted by Gasteiger charge is -2.12. The molecule has 0 radical (unpaired) electrons. The number of urea groups is 1. The normalized spacial score (nSPS) is 10.1. The molecule has 2 amide bonds. The van der Waals surface area contributed by atoms with Crippen molar-refractivity contribution in [2.75, 3.05) is 31.4 Å². The summed E-state index contributed by atoms with van der Waals surface area (Å²) < 4.78 is 5.03. The summed E-state index contributed by atoms with van der Waals surface area (Å²) in [5.41, 5.74) is 0.522. The first-order valence-corrected chi connectivity index (χ1v) is 7.13. The highest BCUT2D eigenvalue weighted by atomic mass is 35.5. The Bertz CT molecular complexity index is 695. The molecule has 1 aromatic heterocycles. The van der Waals surface area contributed by atoms with Gasteiger partial charge in [0.2, 0.25) is 5.95 Å². The average Bonchev–Trinajstić information content (AvgIpc) is 2.54. The lowest BCUT2D eigenvalue weighted by Crippen LogP contribution is -2.29. The average molecular weight is 337 g/mol. The Labute approximate surface area is 138 Å². The number of hydrogen-bond acceptors (Lipinski definition) is 6. The van der Waals surface area contributed by atoms with E-state index in [1.165, 1.54) is 7.11 Å². The molecule has 122 valence electrons. The number of aromatic nitrogens is 3. The summed E-state index contributed by atoms with van der Waals surface area (Å²) >= 11 is 5.98. The summed E-state index contributed by atoms with van der Waals surface area (Å²) in [6.07, 6.45) is 0. The predicted octanol–water partition coefficient (Wildman–Crippen LogP) is 1.92. The highest BCUT2D eigenvalue weighted by Gasteiger charge is 2.10. The van der Waals surface area contributed by atoms with Gasteiger partial charge in [0, 0.05) is 14.1 Å². The molecule has 0 fully saturated rings. The topological polar surface area (TPSA) is 92.3 Å². The fourth-order valence-corrected chi connectivity index (χ4v) is 1.83. The van der Waals surface area contributed by atoms with Gasteiger partial charge in [0.15, 0.2) is 5.82 Å². The van der Waals surface area contributed by atoms with E-state index in [-0.39, 0.29) is 12.6 Å². The van der Waals surface area contributed by atoms with Crippen LogP contribution in [0, 0.1) is 0 Å². The maximum absolute atomic E-state index is 11.9. The van der Waals surface area contributed by atoms with Gasteiger partial charge in [-0.25, -0.2) is 4.79 Å². The second-order valence-electron chi connectivity index (χ2n) is 4.72. The first kappa shape index (κ1) is 16.8. The molecule has 1 aromatic carbocycles. The smallest absolute Gasteiger partial charge is 0.321 e. The van der Waals surface area contributed by atoms with Gasteiger partial charge in [-0.15, -0.1) is 0 Å². The predicted molar refractivity (Wildman–Crippen MR) is 88.0 cm³/mol. The zero-order valence-electron chi connectivity index (χ0n) is 13.0. The van der Waals surface area contributed by atoms with Crippen LogP contribution in [0.2, 0.25) is 5.02 Å². The zero-order chi connectivity index (χ0) is 16.8. The van der Waals surface area contributed by atoms with E-state index in [1.54, 1.807) is 43.3 Å². The minimum atomic E-state index is -0.413. The molecule has 2 rings (SSSR count). The van der Waals surface area contributed by atoms with E-state index in [0.717, 1.165) is 0 Å². The van der Waals surface area contributed by atoms with Crippen molar-refractivity contribution < 1.29 is 9.53 Å². The number of benzene rings is 1. The number of nitrogens with one attached hydrogen (secondary N) is 2. The van der Waals surface area contributed by atoms with Gasteiger partial charge in [-0.1, -0.05) is 23.7 Å². The SMILES string of the molecule is COc1nc(CNC(=O)Nc2ccccc2Cl)nc(N(C)C)n1. The van der Waals surface area contributed by atoms with Crippen LogP contribution < -0.4 is 20.3 Å². The minimum absolute atomic E-state index is 0.121. The number of anilines is 2. The fraction of sp³-hybridized carbons (Fsp3) is 0.286. The van der Waals surface area contributed by atoms with Crippen LogP contribution in [0.15, 0.2) is 24.3 Å². The number of hydrogen-bond donors (Lipinski definition) is 2. The number of rotatable bonds is 5.